The van der Waals surface area contributed by atoms with Gasteiger partial charge in [-0.25, -0.2) is 0 Å². The van der Waals surface area contributed by atoms with Crippen LogP contribution in [0.3, 0.4) is 0 Å². The molecule has 1 heterocycles. The molecule has 0 aliphatic carbocycles. The average Bonchev–Trinajstić information content (AvgIpc) is 2.52. The van der Waals surface area contributed by atoms with E-state index in [0.29, 0.717) is 6.42 Å². The van der Waals surface area contributed by atoms with E-state index < -0.39 is 0 Å². The molecular formula is C9H14N2O. The van der Waals surface area contributed by atoms with Crippen LogP contribution in [0.2, 0.25) is 0 Å². The highest BCUT2D eigenvalue weighted by Crippen LogP contribution is 2.03. The predicted octanol–water partition coefficient (Wildman–Crippen LogP) is 1.42. The van der Waals surface area contributed by atoms with Crippen molar-refractivity contribution >= 4 is 6.29 Å². The summed E-state index contributed by atoms with van der Waals surface area (Å²) in [6.07, 6.45) is 5.29. The molecule has 0 radical (unpaired) electrons. The largest absolute Gasteiger partial charge is 0.303 e. The van der Waals surface area contributed by atoms with Crippen LogP contribution in [0.25, 0.3) is 0 Å². The quantitative estimate of drug-likeness (QED) is 0.490. The fourth-order valence-electron chi connectivity index (χ4n) is 1.22. The van der Waals surface area contributed by atoms with E-state index in [1.807, 2.05) is 10.7 Å². The summed E-state index contributed by atoms with van der Waals surface area (Å²) in [6.45, 7) is 2.97. The maximum absolute atomic E-state index is 10.1. The minimum Gasteiger partial charge on any atom is -0.303 e. The van der Waals surface area contributed by atoms with Crippen LogP contribution in [0.5, 0.6) is 0 Å². The zero-order valence-electron chi connectivity index (χ0n) is 7.36. The summed E-state index contributed by atoms with van der Waals surface area (Å²) in [5.74, 6) is 0. The number of unbranched alkanes of at least 4 members (excludes halogenated alkanes) is 1. The number of hydrogen-bond donors (Lipinski definition) is 0. The van der Waals surface area contributed by atoms with Gasteiger partial charge in [-0.15, -0.1) is 0 Å². The van der Waals surface area contributed by atoms with Crippen LogP contribution in [0.4, 0.5) is 0 Å². The lowest BCUT2D eigenvalue weighted by Crippen LogP contribution is -2.02. The Bertz CT molecular complexity index is 242. The van der Waals surface area contributed by atoms with Gasteiger partial charge in [-0.3, -0.25) is 4.68 Å². The molecule has 0 amide bonds. The van der Waals surface area contributed by atoms with Gasteiger partial charge < -0.3 is 4.79 Å². The molecule has 0 atom stereocenters. The minimum absolute atomic E-state index is 0.648. The topological polar surface area (TPSA) is 34.9 Å². The van der Waals surface area contributed by atoms with Crippen molar-refractivity contribution in [1.82, 2.24) is 9.78 Å². The Labute approximate surface area is 72.4 Å². The molecule has 12 heavy (non-hydrogen) atoms. The van der Waals surface area contributed by atoms with E-state index >= 15 is 0 Å². The first-order valence-corrected chi connectivity index (χ1v) is 4.32. The third-order valence-corrected chi connectivity index (χ3v) is 1.86. The van der Waals surface area contributed by atoms with E-state index in [9.17, 15) is 4.79 Å². The molecule has 1 aromatic heterocycles. The van der Waals surface area contributed by atoms with Crippen molar-refractivity contribution in [1.29, 1.82) is 0 Å². The van der Waals surface area contributed by atoms with Crippen molar-refractivity contribution in [2.24, 2.45) is 0 Å². The summed E-state index contributed by atoms with van der Waals surface area (Å²) >= 11 is 0. The molecule has 0 fully saturated rings. The summed E-state index contributed by atoms with van der Waals surface area (Å²) in [4.78, 5) is 10.1. The maximum atomic E-state index is 10.1. The number of carbonyl (C=O) groups is 1. The summed E-state index contributed by atoms with van der Waals surface area (Å²) in [5, 5.41) is 4.14. The molecule has 0 bridgehead atoms. The molecule has 1 aromatic rings. The van der Waals surface area contributed by atoms with E-state index in [2.05, 4.69) is 12.0 Å². The van der Waals surface area contributed by atoms with Gasteiger partial charge in [-0.1, -0.05) is 0 Å². The number of nitrogens with zero attached hydrogens (tertiary/aromatic N) is 2. The maximum Gasteiger partial charge on any atom is 0.120 e. The lowest BCUT2D eigenvalue weighted by atomic mass is 10.2. The van der Waals surface area contributed by atoms with E-state index in [0.717, 1.165) is 25.7 Å². The van der Waals surface area contributed by atoms with Crippen LogP contribution in [-0.4, -0.2) is 16.1 Å². The number of hydrogen-bond acceptors (Lipinski definition) is 2. The van der Waals surface area contributed by atoms with Crippen LogP contribution in [0, 0.1) is 0 Å². The first-order valence-electron chi connectivity index (χ1n) is 4.32. The average molecular weight is 166 g/mol. The monoisotopic (exact) mass is 166 g/mol. The molecular weight excluding hydrogens is 152 g/mol. The fraction of sp³-hybridized carbons (Fsp3) is 0.556. The summed E-state index contributed by atoms with van der Waals surface area (Å²) in [5.41, 5.74) is 1.22. The van der Waals surface area contributed by atoms with Crippen molar-refractivity contribution < 1.29 is 4.79 Å². The summed E-state index contributed by atoms with van der Waals surface area (Å²) in [6, 6.07) is 2.01. The molecule has 0 spiro atoms. The number of rotatable bonds is 5. The zero-order chi connectivity index (χ0) is 8.81. The Morgan fingerprint density at radius 3 is 3.17 bits per heavy atom. The standard InChI is InChI=1S/C9H14N2O/c1-2-11-9(6-7-10-11)5-3-4-8-12/h6-8H,2-5H2,1H3. The van der Waals surface area contributed by atoms with Crippen molar-refractivity contribution in [3.63, 3.8) is 0 Å². The van der Waals surface area contributed by atoms with Gasteiger partial charge in [0.05, 0.1) is 0 Å². The van der Waals surface area contributed by atoms with Crippen LogP contribution in [0.1, 0.15) is 25.5 Å². The van der Waals surface area contributed by atoms with Gasteiger partial charge in [0.25, 0.3) is 0 Å². The van der Waals surface area contributed by atoms with Crippen LogP contribution < -0.4 is 0 Å². The molecule has 3 nitrogen and oxygen atoms in total. The number of aryl methyl sites for hydroxylation is 2. The van der Waals surface area contributed by atoms with Gasteiger partial charge in [0, 0.05) is 24.9 Å². The number of aldehydes is 1. The minimum atomic E-state index is 0.648. The van der Waals surface area contributed by atoms with Crippen LogP contribution in [-0.2, 0) is 17.8 Å². The zero-order valence-corrected chi connectivity index (χ0v) is 7.36. The summed E-state index contributed by atoms with van der Waals surface area (Å²) < 4.78 is 1.96. The third-order valence-electron chi connectivity index (χ3n) is 1.86. The lowest BCUT2D eigenvalue weighted by Gasteiger charge is -2.01. The second-order valence-corrected chi connectivity index (χ2v) is 2.70. The van der Waals surface area contributed by atoms with Gasteiger partial charge in [0.2, 0.25) is 0 Å². The van der Waals surface area contributed by atoms with E-state index in [-0.39, 0.29) is 0 Å². The highest BCUT2D eigenvalue weighted by molar-refractivity contribution is 5.49. The van der Waals surface area contributed by atoms with Gasteiger partial charge in [0.1, 0.15) is 6.29 Å². The van der Waals surface area contributed by atoms with Crippen molar-refractivity contribution in [2.75, 3.05) is 0 Å². The molecule has 0 unspecified atom stereocenters. The number of aromatic nitrogens is 2. The smallest absolute Gasteiger partial charge is 0.120 e. The molecule has 0 aromatic carbocycles. The van der Waals surface area contributed by atoms with E-state index in [4.69, 9.17) is 0 Å². The Kier molecular flexibility index (Phi) is 3.51. The van der Waals surface area contributed by atoms with Gasteiger partial charge in [-0.2, -0.15) is 5.10 Å². The Hall–Kier alpha value is -1.12. The van der Waals surface area contributed by atoms with Gasteiger partial charge in [0.15, 0.2) is 0 Å². The molecule has 0 aliphatic heterocycles. The van der Waals surface area contributed by atoms with Gasteiger partial charge in [-0.05, 0) is 25.8 Å². The third kappa shape index (κ3) is 2.19. The lowest BCUT2D eigenvalue weighted by molar-refractivity contribution is -0.107. The molecule has 0 aliphatic rings. The second-order valence-electron chi connectivity index (χ2n) is 2.70. The van der Waals surface area contributed by atoms with E-state index in [1.165, 1.54) is 5.69 Å². The molecule has 1 rings (SSSR count). The molecule has 3 heteroatoms. The Morgan fingerprint density at radius 2 is 2.50 bits per heavy atom. The molecule has 0 N–H and O–H groups in total. The van der Waals surface area contributed by atoms with E-state index in [1.54, 1.807) is 6.20 Å². The molecule has 0 saturated heterocycles. The van der Waals surface area contributed by atoms with Crippen molar-refractivity contribution in [3.05, 3.63) is 18.0 Å². The highest BCUT2D eigenvalue weighted by atomic mass is 16.1. The first kappa shape index (κ1) is 8.97. The number of carbonyl (C=O) groups excluding carboxylic acids is 1. The summed E-state index contributed by atoms with van der Waals surface area (Å²) in [7, 11) is 0. The van der Waals surface area contributed by atoms with Crippen molar-refractivity contribution in [3.8, 4) is 0 Å². The second kappa shape index (κ2) is 4.70. The van der Waals surface area contributed by atoms with Crippen molar-refractivity contribution in [2.45, 2.75) is 32.7 Å². The molecule has 66 valence electrons. The van der Waals surface area contributed by atoms with Crippen LogP contribution in [0.15, 0.2) is 12.3 Å². The van der Waals surface area contributed by atoms with Crippen LogP contribution >= 0.6 is 0 Å². The Morgan fingerprint density at radius 1 is 1.67 bits per heavy atom. The SMILES string of the molecule is CCn1nccc1CCCC=O. The normalized spacial score (nSPS) is 10.1. The van der Waals surface area contributed by atoms with Gasteiger partial charge >= 0.3 is 0 Å². The fourth-order valence-corrected chi connectivity index (χ4v) is 1.22. The predicted molar refractivity (Wildman–Crippen MR) is 46.9 cm³/mol. The highest BCUT2D eigenvalue weighted by Gasteiger charge is 1.98. The molecule has 0 saturated carbocycles. The Balaban J connectivity index is 2.44. The first-order chi connectivity index (χ1) is 5.88.